The van der Waals surface area contributed by atoms with E-state index in [1.165, 1.54) is 20.8 Å². The number of hydrogen-bond acceptors (Lipinski definition) is 2. The molecule has 1 atom stereocenters. The topological polar surface area (TPSA) is 17.8 Å². The zero-order valence-corrected chi connectivity index (χ0v) is 13.4. The summed E-state index contributed by atoms with van der Waals surface area (Å²) in [5.74, 6) is 0.946. The van der Waals surface area contributed by atoms with Gasteiger partial charge in [0.25, 0.3) is 0 Å². The summed E-state index contributed by atoms with van der Waals surface area (Å²) < 4.78 is 2.26. The molecule has 0 bridgehead atoms. The lowest BCUT2D eigenvalue weighted by Gasteiger charge is -2.10. The van der Waals surface area contributed by atoms with Crippen LogP contribution in [-0.4, -0.2) is 9.55 Å². The molecule has 0 saturated heterocycles. The summed E-state index contributed by atoms with van der Waals surface area (Å²) in [4.78, 5) is 7.38. The van der Waals surface area contributed by atoms with E-state index in [0.29, 0.717) is 0 Å². The molecule has 0 amide bonds. The third kappa shape index (κ3) is 2.36. The molecule has 0 spiro atoms. The van der Waals surface area contributed by atoms with Crippen molar-refractivity contribution in [2.75, 3.05) is 0 Å². The van der Waals surface area contributed by atoms with Gasteiger partial charge in [-0.05, 0) is 44.5 Å². The molecule has 0 saturated carbocycles. The monoisotopic (exact) mass is 304 g/mol. The maximum atomic E-state index is 6.32. The maximum Gasteiger partial charge on any atom is 0.128 e. The van der Waals surface area contributed by atoms with Gasteiger partial charge < -0.3 is 4.57 Å². The van der Waals surface area contributed by atoms with Crippen LogP contribution < -0.4 is 0 Å². The van der Waals surface area contributed by atoms with Crippen molar-refractivity contribution >= 4 is 34.0 Å². The second-order valence-electron chi connectivity index (χ2n) is 5.13. The van der Waals surface area contributed by atoms with Gasteiger partial charge in [0, 0.05) is 9.75 Å². The first kappa shape index (κ1) is 13.7. The molecule has 2 heterocycles. The lowest BCUT2D eigenvalue weighted by Crippen LogP contribution is -2.05. The van der Waals surface area contributed by atoms with Crippen LogP contribution in [0, 0.1) is 13.8 Å². The second-order valence-corrected chi connectivity index (χ2v) is 7.15. The van der Waals surface area contributed by atoms with Crippen molar-refractivity contribution in [3.8, 4) is 0 Å². The minimum Gasteiger partial charge on any atom is -0.321 e. The minimum absolute atomic E-state index is 0.0946. The van der Waals surface area contributed by atoms with Gasteiger partial charge in [-0.15, -0.1) is 22.9 Å². The molecule has 4 heteroatoms. The summed E-state index contributed by atoms with van der Waals surface area (Å²) in [7, 11) is 0. The number of thiophene rings is 1. The van der Waals surface area contributed by atoms with Gasteiger partial charge in [-0.25, -0.2) is 4.98 Å². The van der Waals surface area contributed by atoms with Crippen molar-refractivity contribution in [3.63, 3.8) is 0 Å². The minimum atomic E-state index is -0.0946. The molecule has 1 aromatic carbocycles. The van der Waals surface area contributed by atoms with E-state index in [1.54, 1.807) is 0 Å². The van der Waals surface area contributed by atoms with Gasteiger partial charge >= 0.3 is 0 Å². The molecule has 1 unspecified atom stereocenters. The van der Waals surface area contributed by atoms with Crippen LogP contribution in [0.15, 0.2) is 30.3 Å². The average molecular weight is 305 g/mol. The second kappa shape index (κ2) is 5.23. The van der Waals surface area contributed by atoms with Gasteiger partial charge in [0.05, 0.1) is 23.0 Å². The number of fused-ring (bicyclic) bond motifs is 1. The molecule has 0 aliphatic carbocycles. The Kier molecular flexibility index (Phi) is 3.57. The number of halogens is 1. The Labute approximate surface area is 128 Å². The number of benzene rings is 1. The number of aryl methyl sites for hydroxylation is 2. The summed E-state index contributed by atoms with van der Waals surface area (Å²) in [6.45, 7) is 7.08. The molecule has 3 aromatic rings. The summed E-state index contributed by atoms with van der Waals surface area (Å²) in [5, 5.41) is -0.0946. The number of hydrogen-bond donors (Lipinski definition) is 0. The number of rotatable bonds is 3. The maximum absolute atomic E-state index is 6.32. The first-order valence-electron chi connectivity index (χ1n) is 6.71. The van der Waals surface area contributed by atoms with Crippen LogP contribution >= 0.6 is 22.9 Å². The van der Waals surface area contributed by atoms with Crippen LogP contribution in [0.1, 0.15) is 33.4 Å². The fourth-order valence-electron chi connectivity index (χ4n) is 2.57. The zero-order chi connectivity index (χ0) is 14.3. The first-order valence-corrected chi connectivity index (χ1v) is 7.96. The lowest BCUT2D eigenvalue weighted by molar-refractivity contribution is 0.749. The van der Waals surface area contributed by atoms with Crippen LogP contribution in [0.2, 0.25) is 0 Å². The van der Waals surface area contributed by atoms with Gasteiger partial charge in [0.1, 0.15) is 5.82 Å². The quantitative estimate of drug-likeness (QED) is 0.618. The van der Waals surface area contributed by atoms with Gasteiger partial charge in [0.15, 0.2) is 0 Å². The molecule has 0 aliphatic rings. The predicted octanol–water partition coefficient (Wildman–Crippen LogP) is 5.06. The van der Waals surface area contributed by atoms with E-state index in [1.807, 2.05) is 24.3 Å². The molecular formula is C16H17ClN2S. The molecule has 2 nitrogen and oxygen atoms in total. The highest BCUT2D eigenvalue weighted by molar-refractivity contribution is 7.11. The van der Waals surface area contributed by atoms with Gasteiger partial charge in [-0.2, -0.15) is 0 Å². The molecule has 0 radical (unpaired) electrons. The number of para-hydroxylation sites is 1. The van der Waals surface area contributed by atoms with E-state index in [9.17, 15) is 0 Å². The van der Waals surface area contributed by atoms with Crippen molar-refractivity contribution < 1.29 is 0 Å². The summed E-state index contributed by atoms with van der Waals surface area (Å²) in [6, 6.07) is 10.6. The molecule has 0 N–H and O–H groups in total. The van der Waals surface area contributed by atoms with E-state index in [0.717, 1.165) is 17.9 Å². The number of nitrogens with zero attached hydrogens (tertiary/aromatic N) is 2. The predicted molar refractivity (Wildman–Crippen MR) is 86.9 cm³/mol. The van der Waals surface area contributed by atoms with E-state index in [2.05, 4.69) is 42.7 Å². The molecule has 3 rings (SSSR count). The van der Waals surface area contributed by atoms with E-state index in [4.69, 9.17) is 16.6 Å². The van der Waals surface area contributed by atoms with Crippen molar-refractivity contribution in [2.45, 2.75) is 32.7 Å². The smallest absolute Gasteiger partial charge is 0.128 e. The highest BCUT2D eigenvalue weighted by Crippen LogP contribution is 2.28. The molecule has 0 aliphatic heterocycles. The van der Waals surface area contributed by atoms with E-state index in [-0.39, 0.29) is 5.38 Å². The number of aromatic nitrogens is 2. The van der Waals surface area contributed by atoms with E-state index >= 15 is 0 Å². The highest BCUT2D eigenvalue weighted by Gasteiger charge is 2.16. The fourth-order valence-corrected chi connectivity index (χ4v) is 3.62. The zero-order valence-electron chi connectivity index (χ0n) is 11.9. The summed E-state index contributed by atoms with van der Waals surface area (Å²) >= 11 is 8.15. The Balaban J connectivity index is 2.18. The van der Waals surface area contributed by atoms with Gasteiger partial charge in [-0.3, -0.25) is 0 Å². The standard InChI is InChI=1S/C16H17ClN2S/c1-10-5-4-6-14-15(10)19(16(18-14)12(3)17)9-13-8-7-11(2)20-13/h4-8,12H,9H2,1-3H3. The van der Waals surface area contributed by atoms with Crippen molar-refractivity contribution in [3.05, 3.63) is 51.5 Å². The molecule has 0 fully saturated rings. The highest BCUT2D eigenvalue weighted by atomic mass is 35.5. The molecule has 104 valence electrons. The van der Waals surface area contributed by atoms with Crippen LogP contribution in [0.25, 0.3) is 11.0 Å². The summed E-state index contributed by atoms with van der Waals surface area (Å²) in [5.41, 5.74) is 3.47. The van der Waals surface area contributed by atoms with Crippen molar-refractivity contribution in [1.29, 1.82) is 0 Å². The fraction of sp³-hybridized carbons (Fsp3) is 0.312. The number of imidazole rings is 1. The van der Waals surface area contributed by atoms with Gasteiger partial charge in [-0.1, -0.05) is 12.1 Å². The first-order chi connectivity index (χ1) is 9.56. The Morgan fingerprint density at radius 3 is 2.70 bits per heavy atom. The van der Waals surface area contributed by atoms with Crippen molar-refractivity contribution in [2.24, 2.45) is 0 Å². The lowest BCUT2D eigenvalue weighted by atomic mass is 10.2. The Hall–Kier alpha value is -1.32. The van der Waals surface area contributed by atoms with Crippen LogP contribution in [0.4, 0.5) is 0 Å². The van der Waals surface area contributed by atoms with Crippen LogP contribution in [-0.2, 0) is 6.54 Å². The Morgan fingerprint density at radius 1 is 1.25 bits per heavy atom. The normalized spacial score (nSPS) is 13.0. The van der Waals surface area contributed by atoms with Crippen LogP contribution in [0.3, 0.4) is 0 Å². The molecular weight excluding hydrogens is 288 g/mol. The van der Waals surface area contributed by atoms with Gasteiger partial charge in [0.2, 0.25) is 0 Å². The average Bonchev–Trinajstić information content (AvgIpc) is 2.95. The van der Waals surface area contributed by atoms with Crippen molar-refractivity contribution in [1.82, 2.24) is 9.55 Å². The molecule has 20 heavy (non-hydrogen) atoms. The summed E-state index contributed by atoms with van der Waals surface area (Å²) in [6.07, 6.45) is 0. The Morgan fingerprint density at radius 2 is 2.05 bits per heavy atom. The third-order valence-corrected chi connectivity index (χ3v) is 4.64. The van der Waals surface area contributed by atoms with E-state index < -0.39 is 0 Å². The molecule has 2 aromatic heterocycles. The third-order valence-electron chi connectivity index (χ3n) is 3.46. The van der Waals surface area contributed by atoms with Crippen LogP contribution in [0.5, 0.6) is 0 Å². The SMILES string of the molecule is Cc1ccc(Cn2c(C(C)Cl)nc3cccc(C)c32)s1. The largest absolute Gasteiger partial charge is 0.321 e. The number of alkyl halides is 1. The Bertz CT molecular complexity index is 755.